The molecule has 1 aliphatic rings. The van der Waals surface area contributed by atoms with Gasteiger partial charge in [0.05, 0.1) is 22.0 Å². The Morgan fingerprint density at radius 1 is 1.22 bits per heavy atom. The molecule has 6 heteroatoms. The lowest BCUT2D eigenvalue weighted by molar-refractivity contribution is -0.519. The number of rotatable bonds is 6. The number of anilines is 1. The summed E-state index contributed by atoms with van der Waals surface area (Å²) >= 11 is 7.02. The van der Waals surface area contributed by atoms with Gasteiger partial charge in [-0.2, -0.15) is 0 Å². The second-order valence-electron chi connectivity index (χ2n) is 5.52. The highest BCUT2D eigenvalue weighted by molar-refractivity contribution is 9.11. The number of hydrogen-bond donors (Lipinski definition) is 1. The van der Waals surface area contributed by atoms with E-state index in [0.717, 1.165) is 34.2 Å². The summed E-state index contributed by atoms with van der Waals surface area (Å²) in [5, 5.41) is 0. The zero-order chi connectivity index (χ0) is 15.9. The molecule has 0 radical (unpaired) electrons. The van der Waals surface area contributed by atoms with Crippen molar-refractivity contribution in [1.29, 1.82) is 0 Å². The highest BCUT2D eigenvalue weighted by Crippen LogP contribution is 2.35. The maximum absolute atomic E-state index is 5.97. The normalized spacial score (nSPS) is 14.9. The molecule has 1 aromatic carbocycles. The molecule has 1 aliphatic heterocycles. The van der Waals surface area contributed by atoms with Gasteiger partial charge in [0.2, 0.25) is 0 Å². The van der Waals surface area contributed by atoms with Crippen molar-refractivity contribution in [3.05, 3.63) is 33.7 Å². The molecule has 0 fully saturated rings. The van der Waals surface area contributed by atoms with E-state index in [4.69, 9.17) is 10.5 Å². The Morgan fingerprint density at radius 3 is 2.57 bits per heavy atom. The van der Waals surface area contributed by atoms with Crippen LogP contribution in [0.2, 0.25) is 0 Å². The van der Waals surface area contributed by atoms with Crippen LogP contribution in [-0.4, -0.2) is 30.0 Å². The van der Waals surface area contributed by atoms with Gasteiger partial charge in [-0.15, -0.1) is 0 Å². The molecule has 0 aromatic heterocycles. The van der Waals surface area contributed by atoms with Crippen molar-refractivity contribution >= 4 is 43.3 Å². The molecule has 128 valence electrons. The van der Waals surface area contributed by atoms with Crippen molar-refractivity contribution in [2.45, 2.75) is 32.1 Å². The average molecular weight is 511 g/mol. The minimum Gasteiger partial charge on any atom is -1.00 e. The van der Waals surface area contributed by atoms with E-state index in [9.17, 15) is 0 Å². The van der Waals surface area contributed by atoms with E-state index in [1.54, 1.807) is 0 Å². The van der Waals surface area contributed by atoms with Crippen LogP contribution in [0.25, 0.3) is 0 Å². The summed E-state index contributed by atoms with van der Waals surface area (Å²) in [5.41, 5.74) is 8.00. The van der Waals surface area contributed by atoms with Gasteiger partial charge >= 0.3 is 0 Å². The molecular formula is C17H23Br3N2O. The van der Waals surface area contributed by atoms with Crippen LogP contribution in [0, 0.1) is 0 Å². The summed E-state index contributed by atoms with van der Waals surface area (Å²) < 4.78 is 10.2. The molecule has 23 heavy (non-hydrogen) atoms. The number of ether oxygens (including phenoxy) is 1. The highest BCUT2D eigenvalue weighted by Gasteiger charge is 2.17. The van der Waals surface area contributed by atoms with Gasteiger partial charge in [0.15, 0.2) is 12.3 Å². The first kappa shape index (κ1) is 20.7. The van der Waals surface area contributed by atoms with Crippen LogP contribution in [0.4, 0.5) is 5.69 Å². The number of halogens is 3. The molecule has 3 nitrogen and oxygen atoms in total. The van der Waals surface area contributed by atoms with Gasteiger partial charge in [0, 0.05) is 18.5 Å². The van der Waals surface area contributed by atoms with Crippen LogP contribution in [0.15, 0.2) is 33.7 Å². The van der Waals surface area contributed by atoms with Gasteiger partial charge in [0.25, 0.3) is 0 Å². The molecule has 0 bridgehead atoms. The summed E-state index contributed by atoms with van der Waals surface area (Å²) in [7, 11) is 0. The highest BCUT2D eigenvalue weighted by atomic mass is 79.9. The first-order chi connectivity index (χ1) is 10.6. The van der Waals surface area contributed by atoms with E-state index in [1.165, 1.54) is 31.4 Å². The number of benzene rings is 1. The van der Waals surface area contributed by atoms with E-state index in [1.807, 2.05) is 18.2 Å². The van der Waals surface area contributed by atoms with Crippen LogP contribution < -0.4 is 27.5 Å². The molecule has 1 heterocycles. The van der Waals surface area contributed by atoms with Gasteiger partial charge in [0.1, 0.15) is 12.3 Å². The van der Waals surface area contributed by atoms with Gasteiger partial charge < -0.3 is 27.5 Å². The second-order valence-corrected chi connectivity index (χ2v) is 7.23. The smallest absolute Gasteiger partial charge is 0.161 e. The minimum absolute atomic E-state index is 0. The van der Waals surface area contributed by atoms with Crippen LogP contribution in [0.1, 0.15) is 32.1 Å². The second kappa shape index (κ2) is 10.5. The molecule has 0 atom stereocenters. The quantitative estimate of drug-likeness (QED) is 0.360. The Balaban J connectivity index is 0.00000264. The number of nitrogen functional groups attached to an aromatic ring is 1. The summed E-state index contributed by atoms with van der Waals surface area (Å²) in [6, 6.07) is 3.73. The largest absolute Gasteiger partial charge is 1.00 e. The van der Waals surface area contributed by atoms with Crippen LogP contribution >= 0.6 is 31.9 Å². The Labute approximate surface area is 166 Å². The molecule has 2 N–H and O–H groups in total. The lowest BCUT2D eigenvalue weighted by Gasteiger charge is -2.12. The van der Waals surface area contributed by atoms with E-state index in [2.05, 4.69) is 43.0 Å². The molecular weight excluding hydrogens is 488 g/mol. The topological polar surface area (TPSA) is 38.3 Å². The maximum atomic E-state index is 5.97. The van der Waals surface area contributed by atoms with Crippen molar-refractivity contribution < 1.29 is 26.3 Å². The summed E-state index contributed by atoms with van der Waals surface area (Å²) in [6.07, 6.45) is 7.97. The first-order valence-electron chi connectivity index (χ1n) is 7.69. The third-order valence-electron chi connectivity index (χ3n) is 3.85. The molecule has 0 aliphatic carbocycles. The number of hydrogen-bond acceptors (Lipinski definition) is 2. The fourth-order valence-electron chi connectivity index (χ4n) is 2.77. The van der Waals surface area contributed by atoms with Gasteiger partial charge in [-0.3, -0.25) is 0 Å². The first-order valence-corrected chi connectivity index (χ1v) is 9.28. The van der Waals surface area contributed by atoms with E-state index < -0.39 is 0 Å². The molecule has 1 aromatic rings. The third kappa shape index (κ3) is 6.24. The molecule has 0 saturated heterocycles. The molecule has 0 amide bonds. The Morgan fingerprint density at radius 2 is 1.91 bits per heavy atom. The van der Waals surface area contributed by atoms with Gasteiger partial charge in [-0.1, -0.05) is 6.58 Å². The molecule has 0 spiro atoms. The lowest BCUT2D eigenvalue weighted by Crippen LogP contribution is -3.00. The predicted octanol–water partition coefficient (Wildman–Crippen LogP) is 1.78. The molecule has 0 unspecified atom stereocenters. The van der Waals surface area contributed by atoms with Crippen LogP contribution in [0.5, 0.6) is 5.75 Å². The fourth-order valence-corrected chi connectivity index (χ4v) is 4.22. The van der Waals surface area contributed by atoms with Crippen molar-refractivity contribution in [2.24, 2.45) is 0 Å². The van der Waals surface area contributed by atoms with Gasteiger partial charge in [-0.25, -0.2) is 4.58 Å². The minimum atomic E-state index is 0. The standard InChI is InChI=1S/C17H23Br2N2O.BrH/c1-2-8-21-9-5-3-4-6-14(21)7-10-22-17-15(18)11-13(20)12-16(17)19;/h2,11-12H,1,3-10,20H2;1H/q+1;/p-1. The van der Waals surface area contributed by atoms with Crippen LogP contribution in [-0.2, 0) is 0 Å². The SMILES string of the molecule is C=CC[N+]1=C(CCOc2c(Br)cc(N)cc2Br)CCCCC1.[Br-]. The van der Waals surface area contributed by atoms with Crippen LogP contribution in [0.3, 0.4) is 0 Å². The fraction of sp³-hybridized carbons (Fsp3) is 0.471. The molecule has 0 saturated carbocycles. The zero-order valence-corrected chi connectivity index (χ0v) is 17.9. The van der Waals surface area contributed by atoms with Crippen molar-refractivity contribution in [3.8, 4) is 5.75 Å². The van der Waals surface area contributed by atoms with E-state index in [-0.39, 0.29) is 17.0 Å². The number of nitrogens with zero attached hydrogens (tertiary/aromatic N) is 1. The zero-order valence-electron chi connectivity index (χ0n) is 13.2. The van der Waals surface area contributed by atoms with Crippen molar-refractivity contribution in [3.63, 3.8) is 0 Å². The maximum Gasteiger partial charge on any atom is 0.161 e. The van der Waals surface area contributed by atoms with E-state index in [0.29, 0.717) is 12.3 Å². The summed E-state index contributed by atoms with van der Waals surface area (Å²) in [5.74, 6) is 0.818. The Kier molecular flexibility index (Phi) is 9.47. The summed E-state index contributed by atoms with van der Waals surface area (Å²) in [6.45, 7) is 6.61. The Hall–Kier alpha value is -0.330. The van der Waals surface area contributed by atoms with Gasteiger partial charge in [-0.05, 0) is 62.9 Å². The monoisotopic (exact) mass is 508 g/mol. The third-order valence-corrected chi connectivity index (χ3v) is 5.03. The lowest BCUT2D eigenvalue weighted by atomic mass is 10.1. The number of nitrogens with two attached hydrogens (primary N) is 1. The van der Waals surface area contributed by atoms with Crippen molar-refractivity contribution in [1.82, 2.24) is 0 Å². The van der Waals surface area contributed by atoms with E-state index >= 15 is 0 Å². The average Bonchev–Trinajstić information content (AvgIpc) is 2.68. The van der Waals surface area contributed by atoms with Crippen molar-refractivity contribution in [2.75, 3.05) is 25.4 Å². The predicted molar refractivity (Wildman–Crippen MR) is 100 cm³/mol. The molecule has 2 rings (SSSR count). The Bertz CT molecular complexity index is 550. The summed E-state index contributed by atoms with van der Waals surface area (Å²) in [4.78, 5) is 0.